The molecule has 2 rings (SSSR count). The largest absolute Gasteiger partial charge is 0.306 e. The Bertz CT molecular complexity index is 536. The van der Waals surface area contributed by atoms with Crippen molar-refractivity contribution in [3.63, 3.8) is 0 Å². The number of thiophene rings is 1. The number of rotatable bonds is 5. The van der Waals surface area contributed by atoms with Gasteiger partial charge in [-0.15, -0.1) is 0 Å². The van der Waals surface area contributed by atoms with Gasteiger partial charge in [-0.1, -0.05) is 34.5 Å². The molecule has 0 aliphatic heterocycles. The number of hydrogen-bond donors (Lipinski definition) is 1. The summed E-state index contributed by atoms with van der Waals surface area (Å²) in [6.45, 7) is 3.14. The first-order valence-corrected chi connectivity index (χ1v) is 8.93. The third-order valence-electron chi connectivity index (χ3n) is 2.77. The minimum Gasteiger partial charge on any atom is -0.306 e. The summed E-state index contributed by atoms with van der Waals surface area (Å²) in [6.07, 6.45) is 1.10. The molecule has 0 spiro atoms. The lowest BCUT2D eigenvalue weighted by Crippen LogP contribution is -2.23. The Morgan fingerprint density at radius 1 is 1.26 bits per heavy atom. The number of benzene rings is 1. The van der Waals surface area contributed by atoms with E-state index in [1.807, 2.05) is 12.1 Å². The zero-order chi connectivity index (χ0) is 13.8. The Balaban J connectivity index is 2.39. The minimum absolute atomic E-state index is 0.163. The zero-order valence-corrected chi connectivity index (χ0v) is 15.2. The van der Waals surface area contributed by atoms with E-state index in [0.717, 1.165) is 26.9 Å². The molecule has 5 heteroatoms. The quantitative estimate of drug-likeness (QED) is 0.620. The average Bonchev–Trinajstić information content (AvgIpc) is 2.75. The highest BCUT2D eigenvalue weighted by Crippen LogP contribution is 2.33. The Hall–Kier alpha value is 0.130. The van der Waals surface area contributed by atoms with Crippen LogP contribution in [0.3, 0.4) is 0 Å². The lowest BCUT2D eigenvalue weighted by molar-refractivity contribution is 0.598. The fourth-order valence-electron chi connectivity index (χ4n) is 1.94. The average molecular weight is 424 g/mol. The summed E-state index contributed by atoms with van der Waals surface area (Å²) < 4.78 is 2.15. The second-order valence-electron chi connectivity index (χ2n) is 4.26. The van der Waals surface area contributed by atoms with E-state index >= 15 is 0 Å². The van der Waals surface area contributed by atoms with Crippen molar-refractivity contribution in [2.45, 2.75) is 19.4 Å². The Labute approximate surface area is 139 Å². The van der Waals surface area contributed by atoms with Crippen LogP contribution in [0.1, 0.15) is 30.5 Å². The van der Waals surface area contributed by atoms with Crippen LogP contribution in [0, 0.1) is 0 Å². The van der Waals surface area contributed by atoms with Gasteiger partial charge in [-0.05, 0) is 63.6 Å². The van der Waals surface area contributed by atoms with Crippen molar-refractivity contribution >= 4 is 54.8 Å². The summed E-state index contributed by atoms with van der Waals surface area (Å²) >= 11 is 15.0. The van der Waals surface area contributed by atoms with Crippen LogP contribution in [0.5, 0.6) is 0 Å². The topological polar surface area (TPSA) is 12.0 Å². The van der Waals surface area contributed by atoms with Gasteiger partial charge in [-0.2, -0.15) is 11.3 Å². The number of hydrogen-bond acceptors (Lipinski definition) is 2. The van der Waals surface area contributed by atoms with Gasteiger partial charge in [0.15, 0.2) is 0 Å². The molecule has 1 nitrogen and oxygen atoms in total. The maximum Gasteiger partial charge on any atom is 0.0597 e. The van der Waals surface area contributed by atoms with E-state index in [2.05, 4.69) is 60.9 Å². The van der Waals surface area contributed by atoms with Crippen molar-refractivity contribution in [2.24, 2.45) is 0 Å². The normalized spacial score (nSPS) is 12.6. The molecule has 0 radical (unpaired) electrons. The van der Waals surface area contributed by atoms with Crippen molar-refractivity contribution in [3.8, 4) is 0 Å². The maximum atomic E-state index is 6.16. The van der Waals surface area contributed by atoms with Crippen molar-refractivity contribution < 1.29 is 0 Å². The number of nitrogens with one attached hydrogen (secondary N) is 1. The molecule has 0 amide bonds. The maximum absolute atomic E-state index is 6.16. The van der Waals surface area contributed by atoms with E-state index < -0.39 is 0 Å². The van der Waals surface area contributed by atoms with Gasteiger partial charge in [0.25, 0.3) is 0 Å². The molecule has 0 aliphatic carbocycles. The van der Waals surface area contributed by atoms with E-state index in [9.17, 15) is 0 Å². The number of halogens is 3. The molecular formula is C14H14Br2ClNS. The van der Waals surface area contributed by atoms with Crippen molar-refractivity contribution in [1.29, 1.82) is 0 Å². The monoisotopic (exact) mass is 421 g/mol. The lowest BCUT2D eigenvalue weighted by atomic mass is 10.0. The molecule has 19 heavy (non-hydrogen) atoms. The van der Waals surface area contributed by atoms with E-state index in [4.69, 9.17) is 11.6 Å². The molecular weight excluding hydrogens is 409 g/mol. The summed E-state index contributed by atoms with van der Waals surface area (Å²) in [6, 6.07) is 6.20. The molecule has 0 saturated carbocycles. The molecule has 1 aromatic heterocycles. The van der Waals surface area contributed by atoms with Gasteiger partial charge in [0.05, 0.1) is 6.04 Å². The molecule has 0 bridgehead atoms. The predicted octanol–water partition coefficient (Wildman–Crippen LogP) is 6.02. The molecule has 0 aliphatic rings. The Morgan fingerprint density at radius 2 is 2.05 bits per heavy atom. The molecule has 1 unspecified atom stereocenters. The summed E-state index contributed by atoms with van der Waals surface area (Å²) in [5.41, 5.74) is 2.43. The van der Waals surface area contributed by atoms with E-state index in [1.165, 1.54) is 11.1 Å². The third-order valence-corrected chi connectivity index (χ3v) is 5.20. The van der Waals surface area contributed by atoms with Crippen LogP contribution < -0.4 is 5.32 Å². The van der Waals surface area contributed by atoms with Gasteiger partial charge in [-0.25, -0.2) is 0 Å². The fourth-order valence-corrected chi connectivity index (χ4v) is 4.37. The SMILES string of the molecule is CCCNC(c1cc(Cl)cc(Br)c1)c1cscc1Br. The van der Waals surface area contributed by atoms with Crippen LogP contribution >= 0.6 is 54.8 Å². The summed E-state index contributed by atoms with van der Waals surface area (Å²) in [5, 5.41) is 8.61. The first-order chi connectivity index (χ1) is 9.11. The summed E-state index contributed by atoms with van der Waals surface area (Å²) in [4.78, 5) is 0. The smallest absolute Gasteiger partial charge is 0.0597 e. The summed E-state index contributed by atoms with van der Waals surface area (Å²) in [5.74, 6) is 0. The molecule has 1 atom stereocenters. The highest BCUT2D eigenvalue weighted by Gasteiger charge is 2.17. The predicted molar refractivity (Wildman–Crippen MR) is 91.3 cm³/mol. The molecule has 0 saturated heterocycles. The minimum atomic E-state index is 0.163. The lowest BCUT2D eigenvalue weighted by Gasteiger charge is -2.19. The second-order valence-corrected chi connectivity index (χ2v) is 7.22. The molecule has 0 fully saturated rings. The molecule has 2 aromatic rings. The Morgan fingerprint density at radius 3 is 2.63 bits per heavy atom. The van der Waals surface area contributed by atoms with Crippen molar-refractivity contribution in [3.05, 3.63) is 54.1 Å². The van der Waals surface area contributed by atoms with Crippen molar-refractivity contribution in [2.75, 3.05) is 6.54 Å². The fraction of sp³-hybridized carbons (Fsp3) is 0.286. The molecule has 102 valence electrons. The van der Waals surface area contributed by atoms with Crippen LogP contribution in [0.25, 0.3) is 0 Å². The highest BCUT2D eigenvalue weighted by atomic mass is 79.9. The first-order valence-electron chi connectivity index (χ1n) is 6.02. The van der Waals surface area contributed by atoms with Crippen LogP contribution in [0.4, 0.5) is 0 Å². The van der Waals surface area contributed by atoms with Gasteiger partial charge in [0.1, 0.15) is 0 Å². The van der Waals surface area contributed by atoms with Gasteiger partial charge < -0.3 is 5.32 Å². The van der Waals surface area contributed by atoms with Crippen molar-refractivity contribution in [1.82, 2.24) is 5.32 Å². The van der Waals surface area contributed by atoms with E-state index in [0.29, 0.717) is 0 Å². The molecule has 1 aromatic carbocycles. The molecule has 1 N–H and O–H groups in total. The van der Waals surface area contributed by atoms with Gasteiger partial charge in [-0.3, -0.25) is 0 Å². The van der Waals surface area contributed by atoms with Crippen LogP contribution in [-0.2, 0) is 0 Å². The van der Waals surface area contributed by atoms with E-state index in [1.54, 1.807) is 11.3 Å². The standard InChI is InChI=1S/C14H14Br2ClNS/c1-2-3-18-14(12-7-19-8-13(12)16)9-4-10(15)6-11(17)5-9/h4-8,14,18H,2-3H2,1H3. The van der Waals surface area contributed by atoms with Crippen LogP contribution in [0.2, 0.25) is 5.02 Å². The van der Waals surface area contributed by atoms with Crippen LogP contribution in [0.15, 0.2) is 37.9 Å². The van der Waals surface area contributed by atoms with Gasteiger partial charge in [0, 0.05) is 19.3 Å². The molecule has 1 heterocycles. The Kier molecular flexibility index (Phi) is 5.90. The highest BCUT2D eigenvalue weighted by molar-refractivity contribution is 9.10. The second kappa shape index (κ2) is 7.23. The summed E-state index contributed by atoms with van der Waals surface area (Å²) in [7, 11) is 0. The zero-order valence-electron chi connectivity index (χ0n) is 10.4. The van der Waals surface area contributed by atoms with E-state index in [-0.39, 0.29) is 6.04 Å². The third kappa shape index (κ3) is 4.05. The van der Waals surface area contributed by atoms with Gasteiger partial charge in [0.2, 0.25) is 0 Å². The van der Waals surface area contributed by atoms with Crippen LogP contribution in [-0.4, -0.2) is 6.54 Å². The first kappa shape index (κ1) is 15.5. The van der Waals surface area contributed by atoms with Gasteiger partial charge >= 0.3 is 0 Å².